The molecule has 0 heterocycles. The molecule has 0 atom stereocenters. The topological polar surface area (TPSA) is 30.5 Å². The number of ether oxygens (including phenoxy) is 2. The van der Waals surface area contributed by atoms with Crippen LogP contribution >= 0.6 is 15.9 Å². The Bertz CT molecular complexity index is 602. The molecule has 0 aliphatic heterocycles. The second-order valence-corrected chi connectivity index (χ2v) is 6.14. The van der Waals surface area contributed by atoms with Crippen molar-refractivity contribution in [1.82, 2.24) is 5.32 Å². The molecule has 0 radical (unpaired) electrons. The smallest absolute Gasteiger partial charge is 0.175 e. The van der Waals surface area contributed by atoms with E-state index in [1.54, 1.807) is 0 Å². The summed E-state index contributed by atoms with van der Waals surface area (Å²) in [5.74, 6) is 1.54. The van der Waals surface area contributed by atoms with Crippen molar-refractivity contribution in [3.05, 3.63) is 58.1 Å². The molecule has 0 saturated carbocycles. The summed E-state index contributed by atoms with van der Waals surface area (Å²) in [6, 6.07) is 14.3. The summed E-state index contributed by atoms with van der Waals surface area (Å²) in [5.41, 5.74) is 2.32. The summed E-state index contributed by atoms with van der Waals surface area (Å²) >= 11 is 3.62. The molecule has 23 heavy (non-hydrogen) atoms. The van der Waals surface area contributed by atoms with Crippen LogP contribution in [0.4, 0.5) is 0 Å². The van der Waals surface area contributed by atoms with Gasteiger partial charge in [-0.25, -0.2) is 0 Å². The van der Waals surface area contributed by atoms with Crippen molar-refractivity contribution in [1.29, 1.82) is 0 Å². The van der Waals surface area contributed by atoms with Crippen LogP contribution in [0.5, 0.6) is 11.5 Å². The van der Waals surface area contributed by atoms with E-state index in [1.165, 1.54) is 5.56 Å². The molecule has 0 bridgehead atoms. The fourth-order valence-electron chi connectivity index (χ4n) is 2.27. The van der Waals surface area contributed by atoms with E-state index >= 15 is 0 Å². The van der Waals surface area contributed by atoms with Crippen LogP contribution in [0.3, 0.4) is 0 Å². The summed E-state index contributed by atoms with van der Waals surface area (Å²) < 4.78 is 12.7. The zero-order valence-corrected chi connectivity index (χ0v) is 15.4. The third kappa shape index (κ3) is 5.56. The van der Waals surface area contributed by atoms with Crippen LogP contribution in [0.2, 0.25) is 0 Å². The minimum absolute atomic E-state index is 0.521. The van der Waals surface area contributed by atoms with Crippen LogP contribution in [0.1, 0.15) is 31.4 Å². The van der Waals surface area contributed by atoms with E-state index in [4.69, 9.17) is 9.47 Å². The largest absolute Gasteiger partial charge is 0.490 e. The average molecular weight is 378 g/mol. The first kappa shape index (κ1) is 17.8. The van der Waals surface area contributed by atoms with Crippen LogP contribution in [-0.2, 0) is 13.2 Å². The first-order chi connectivity index (χ1) is 11.2. The van der Waals surface area contributed by atoms with Crippen LogP contribution in [-0.4, -0.2) is 13.2 Å². The number of hydrogen-bond donors (Lipinski definition) is 1. The van der Waals surface area contributed by atoms with E-state index in [0.29, 0.717) is 13.2 Å². The third-order valence-electron chi connectivity index (χ3n) is 3.35. The van der Waals surface area contributed by atoms with E-state index in [-0.39, 0.29) is 0 Å². The Morgan fingerprint density at radius 1 is 1.00 bits per heavy atom. The molecule has 3 nitrogen and oxygen atoms in total. The van der Waals surface area contributed by atoms with Gasteiger partial charge in [0, 0.05) is 6.54 Å². The van der Waals surface area contributed by atoms with E-state index in [9.17, 15) is 0 Å². The molecule has 0 unspecified atom stereocenters. The molecule has 124 valence electrons. The van der Waals surface area contributed by atoms with E-state index in [1.807, 2.05) is 25.1 Å². The molecule has 0 aliphatic rings. The second kappa shape index (κ2) is 9.58. The molecule has 0 spiro atoms. The van der Waals surface area contributed by atoms with Crippen molar-refractivity contribution in [2.75, 3.05) is 13.2 Å². The van der Waals surface area contributed by atoms with Crippen molar-refractivity contribution in [3.63, 3.8) is 0 Å². The third-order valence-corrected chi connectivity index (χ3v) is 3.94. The highest BCUT2D eigenvalue weighted by Gasteiger charge is 2.12. The van der Waals surface area contributed by atoms with Crippen LogP contribution < -0.4 is 14.8 Å². The van der Waals surface area contributed by atoms with Gasteiger partial charge in [-0.2, -0.15) is 0 Å². The maximum Gasteiger partial charge on any atom is 0.175 e. The van der Waals surface area contributed by atoms with Gasteiger partial charge in [0.05, 0.1) is 11.1 Å². The van der Waals surface area contributed by atoms with E-state index in [0.717, 1.165) is 41.0 Å². The summed E-state index contributed by atoms with van der Waals surface area (Å²) in [6.07, 6.45) is 1.12. The highest BCUT2D eigenvalue weighted by molar-refractivity contribution is 9.10. The molecule has 1 N–H and O–H groups in total. The molecule has 0 aromatic heterocycles. The molecule has 4 heteroatoms. The lowest BCUT2D eigenvalue weighted by atomic mass is 10.2. The normalized spacial score (nSPS) is 10.6. The fraction of sp³-hybridized carbons (Fsp3) is 0.368. The number of benzene rings is 2. The van der Waals surface area contributed by atoms with Crippen molar-refractivity contribution >= 4 is 15.9 Å². The van der Waals surface area contributed by atoms with E-state index < -0.39 is 0 Å². The fourth-order valence-corrected chi connectivity index (χ4v) is 2.87. The lowest BCUT2D eigenvalue weighted by molar-refractivity contribution is 0.267. The molecule has 0 aliphatic carbocycles. The average Bonchev–Trinajstić information content (AvgIpc) is 2.55. The Balaban J connectivity index is 2.13. The van der Waals surface area contributed by atoms with Gasteiger partial charge in [0.15, 0.2) is 11.5 Å². The molecule has 2 aromatic rings. The lowest BCUT2D eigenvalue weighted by Gasteiger charge is -2.16. The summed E-state index contributed by atoms with van der Waals surface area (Å²) in [5, 5.41) is 3.41. The zero-order chi connectivity index (χ0) is 16.5. The Kier molecular flexibility index (Phi) is 7.43. The maximum atomic E-state index is 5.99. The van der Waals surface area contributed by atoms with Crippen molar-refractivity contribution in [2.24, 2.45) is 0 Å². The standard InChI is InChI=1S/C19H24BrNO2/c1-3-10-21-13-16-11-17(20)19(18(12-16)22-4-2)23-14-15-8-6-5-7-9-15/h5-9,11-12,21H,3-4,10,13-14H2,1-2H3. The molecular weight excluding hydrogens is 354 g/mol. The van der Waals surface area contributed by atoms with Gasteiger partial charge in [-0.15, -0.1) is 0 Å². The van der Waals surface area contributed by atoms with Gasteiger partial charge in [0.1, 0.15) is 6.61 Å². The van der Waals surface area contributed by atoms with Gasteiger partial charge in [-0.05, 0) is 59.1 Å². The first-order valence-corrected chi connectivity index (χ1v) is 8.86. The van der Waals surface area contributed by atoms with Gasteiger partial charge in [-0.3, -0.25) is 0 Å². The number of hydrogen-bond acceptors (Lipinski definition) is 3. The van der Waals surface area contributed by atoms with Gasteiger partial charge < -0.3 is 14.8 Å². The first-order valence-electron chi connectivity index (χ1n) is 8.07. The zero-order valence-electron chi connectivity index (χ0n) is 13.8. The Hall–Kier alpha value is -1.52. The minimum atomic E-state index is 0.521. The maximum absolute atomic E-state index is 5.99. The SMILES string of the molecule is CCCNCc1cc(Br)c(OCc2ccccc2)c(OCC)c1. The van der Waals surface area contributed by atoms with Crippen molar-refractivity contribution in [2.45, 2.75) is 33.4 Å². The molecular formula is C19H24BrNO2. The summed E-state index contributed by atoms with van der Waals surface area (Å²) in [4.78, 5) is 0. The molecule has 2 aromatic carbocycles. The highest BCUT2D eigenvalue weighted by Crippen LogP contribution is 2.37. The minimum Gasteiger partial charge on any atom is -0.490 e. The van der Waals surface area contributed by atoms with Gasteiger partial charge in [0.2, 0.25) is 0 Å². The number of halogens is 1. The lowest BCUT2D eigenvalue weighted by Crippen LogP contribution is -2.14. The Morgan fingerprint density at radius 3 is 2.48 bits per heavy atom. The van der Waals surface area contributed by atoms with Crippen molar-refractivity contribution < 1.29 is 9.47 Å². The van der Waals surface area contributed by atoms with Crippen LogP contribution in [0.15, 0.2) is 46.9 Å². The van der Waals surface area contributed by atoms with Crippen LogP contribution in [0.25, 0.3) is 0 Å². The molecule has 0 fully saturated rings. The summed E-state index contributed by atoms with van der Waals surface area (Å²) in [7, 11) is 0. The predicted molar refractivity (Wildman–Crippen MR) is 98.1 cm³/mol. The van der Waals surface area contributed by atoms with Gasteiger partial charge in [-0.1, -0.05) is 37.3 Å². The van der Waals surface area contributed by atoms with Gasteiger partial charge in [0.25, 0.3) is 0 Å². The molecule has 0 amide bonds. The summed E-state index contributed by atoms with van der Waals surface area (Å²) in [6.45, 7) is 7.11. The Labute approximate surface area is 147 Å². The number of rotatable bonds is 9. The number of nitrogens with one attached hydrogen (secondary N) is 1. The van der Waals surface area contributed by atoms with Crippen molar-refractivity contribution in [3.8, 4) is 11.5 Å². The van der Waals surface area contributed by atoms with E-state index in [2.05, 4.69) is 52.4 Å². The van der Waals surface area contributed by atoms with Crippen LogP contribution in [0, 0.1) is 0 Å². The quantitative estimate of drug-likeness (QED) is 0.628. The second-order valence-electron chi connectivity index (χ2n) is 5.29. The molecule has 0 saturated heterocycles. The predicted octanol–water partition coefficient (Wildman–Crippen LogP) is 4.93. The molecule has 2 rings (SSSR count). The van der Waals surface area contributed by atoms with Gasteiger partial charge >= 0.3 is 0 Å². The monoisotopic (exact) mass is 377 g/mol. The highest BCUT2D eigenvalue weighted by atomic mass is 79.9. The Morgan fingerprint density at radius 2 is 1.78 bits per heavy atom.